The Morgan fingerprint density at radius 3 is 2.00 bits per heavy atom. The van der Waals surface area contributed by atoms with Crippen molar-refractivity contribution in [3.05, 3.63) is 83.9 Å². The molecule has 0 aromatic heterocycles. The molecule has 0 heterocycles. The molecule has 6 heteroatoms. The minimum atomic E-state index is -0.0287. The van der Waals surface area contributed by atoms with Crippen molar-refractivity contribution in [3.63, 3.8) is 0 Å². The van der Waals surface area contributed by atoms with Crippen LogP contribution in [0.5, 0.6) is 17.2 Å². The summed E-state index contributed by atoms with van der Waals surface area (Å²) in [6.07, 6.45) is 0. The van der Waals surface area contributed by atoms with Crippen molar-refractivity contribution in [1.29, 1.82) is 0 Å². The van der Waals surface area contributed by atoms with Gasteiger partial charge in [0.15, 0.2) is 5.52 Å². The van der Waals surface area contributed by atoms with E-state index in [1.165, 1.54) is 0 Å². The fourth-order valence-electron chi connectivity index (χ4n) is 2.64. The Morgan fingerprint density at radius 1 is 0.821 bits per heavy atom. The smallest absolute Gasteiger partial charge is 0.193 e. The van der Waals surface area contributed by atoms with Gasteiger partial charge in [-0.15, -0.1) is 0 Å². The quantitative estimate of drug-likeness (QED) is 0.432. The largest absolute Gasteiger partial charge is 0.496 e. The monoisotopic (exact) mass is 387 g/mol. The summed E-state index contributed by atoms with van der Waals surface area (Å²) >= 11 is 0. The maximum absolute atomic E-state index is 12.8. The molecule has 0 amide bonds. The third kappa shape index (κ3) is 5.63. The SMILES string of the molecule is COc1cccc(OC)c1C(=O)Pc1ccc(OCc2ccccc2)cc1.[Li]. The Bertz CT molecular complexity index is 876. The summed E-state index contributed by atoms with van der Waals surface area (Å²) < 4.78 is 16.4. The summed E-state index contributed by atoms with van der Waals surface area (Å²) in [6.45, 7) is 0.514. The van der Waals surface area contributed by atoms with Crippen LogP contribution in [-0.4, -0.2) is 38.6 Å². The van der Waals surface area contributed by atoms with Crippen LogP contribution < -0.4 is 19.5 Å². The first-order valence-electron chi connectivity index (χ1n) is 8.50. The molecule has 1 unspecified atom stereocenters. The van der Waals surface area contributed by atoms with Crippen LogP contribution in [0.2, 0.25) is 0 Å². The number of ether oxygens (including phenoxy) is 3. The van der Waals surface area contributed by atoms with Crippen molar-refractivity contribution in [2.45, 2.75) is 6.61 Å². The van der Waals surface area contributed by atoms with Gasteiger partial charge in [0, 0.05) is 18.9 Å². The number of benzene rings is 3. The summed E-state index contributed by atoms with van der Waals surface area (Å²) in [7, 11) is 3.07. The van der Waals surface area contributed by atoms with E-state index in [9.17, 15) is 4.79 Å². The Kier molecular flexibility index (Phi) is 8.61. The van der Waals surface area contributed by atoms with E-state index in [1.54, 1.807) is 32.4 Å². The first kappa shape index (κ1) is 22.1. The maximum atomic E-state index is 12.8. The van der Waals surface area contributed by atoms with E-state index in [0.717, 1.165) is 16.6 Å². The normalized spacial score (nSPS) is 10.4. The van der Waals surface area contributed by atoms with Crippen LogP contribution in [-0.2, 0) is 6.61 Å². The molecule has 1 radical (unpaired) electrons. The maximum Gasteiger partial charge on any atom is 0.193 e. The van der Waals surface area contributed by atoms with Gasteiger partial charge in [0.2, 0.25) is 0 Å². The number of carbonyl (C=O) groups excluding carboxylic acids is 1. The molecule has 1 atom stereocenters. The standard InChI is InChI=1S/C22H21O4P.Li/c1-24-19-9-6-10-20(25-2)21(19)22(23)27-18-13-11-17(12-14-18)26-15-16-7-4-3-5-8-16;/h3-14,27H,15H2,1-2H3;. The van der Waals surface area contributed by atoms with Crippen molar-refractivity contribution in [1.82, 2.24) is 0 Å². The number of methoxy groups -OCH3 is 2. The molecule has 0 N–H and O–H groups in total. The van der Waals surface area contributed by atoms with E-state index >= 15 is 0 Å². The third-order valence-electron chi connectivity index (χ3n) is 4.02. The Labute approximate surface area is 179 Å². The van der Waals surface area contributed by atoms with Gasteiger partial charge in [0.1, 0.15) is 29.4 Å². The molecule has 0 saturated carbocycles. The molecule has 3 aromatic rings. The van der Waals surface area contributed by atoms with E-state index in [2.05, 4.69) is 0 Å². The van der Waals surface area contributed by atoms with Crippen molar-refractivity contribution < 1.29 is 19.0 Å². The minimum Gasteiger partial charge on any atom is -0.496 e. The fraction of sp³-hybridized carbons (Fsp3) is 0.136. The predicted molar refractivity (Wildman–Crippen MR) is 115 cm³/mol. The van der Waals surface area contributed by atoms with Crippen molar-refractivity contribution in [2.24, 2.45) is 0 Å². The molecular weight excluding hydrogens is 366 g/mol. The van der Waals surface area contributed by atoms with Crippen LogP contribution in [0.4, 0.5) is 0 Å². The summed E-state index contributed by atoms with van der Waals surface area (Å²) in [4.78, 5) is 12.8. The Balaban J connectivity index is 0.00000280. The van der Waals surface area contributed by atoms with Gasteiger partial charge >= 0.3 is 0 Å². The molecule has 0 saturated heterocycles. The van der Waals surface area contributed by atoms with Crippen LogP contribution in [0, 0.1) is 0 Å². The van der Waals surface area contributed by atoms with E-state index in [0.29, 0.717) is 23.7 Å². The fourth-order valence-corrected chi connectivity index (χ4v) is 3.61. The molecule has 0 aliphatic rings. The van der Waals surface area contributed by atoms with Gasteiger partial charge in [0.05, 0.1) is 14.2 Å². The average molecular weight is 387 g/mol. The van der Waals surface area contributed by atoms with Gasteiger partial charge in [-0.2, -0.15) is 0 Å². The molecule has 0 bridgehead atoms. The van der Waals surface area contributed by atoms with Gasteiger partial charge in [-0.05, 0) is 43.7 Å². The Morgan fingerprint density at radius 2 is 1.43 bits per heavy atom. The summed E-state index contributed by atoms with van der Waals surface area (Å²) in [6, 6.07) is 22.9. The first-order valence-corrected chi connectivity index (χ1v) is 9.50. The molecule has 3 rings (SSSR count). The van der Waals surface area contributed by atoms with E-state index in [1.807, 2.05) is 54.6 Å². The molecule has 0 aliphatic heterocycles. The minimum absolute atomic E-state index is 0. The van der Waals surface area contributed by atoms with Crippen molar-refractivity contribution in [2.75, 3.05) is 14.2 Å². The van der Waals surface area contributed by atoms with Crippen molar-refractivity contribution in [3.8, 4) is 17.2 Å². The topological polar surface area (TPSA) is 44.8 Å². The second-order valence-corrected chi connectivity index (χ2v) is 7.07. The summed E-state index contributed by atoms with van der Waals surface area (Å²) in [5, 5.41) is 0.931. The number of hydrogen-bond acceptors (Lipinski definition) is 4. The predicted octanol–water partition coefficient (Wildman–Crippen LogP) is 4.05. The van der Waals surface area contributed by atoms with Crippen LogP contribution in [0.25, 0.3) is 0 Å². The second-order valence-electron chi connectivity index (χ2n) is 5.79. The zero-order chi connectivity index (χ0) is 19.1. The zero-order valence-electron chi connectivity index (χ0n) is 16.3. The second kappa shape index (κ2) is 10.9. The molecule has 0 aliphatic carbocycles. The zero-order valence-corrected chi connectivity index (χ0v) is 17.3. The molecule has 3 aromatic carbocycles. The van der Waals surface area contributed by atoms with Crippen LogP contribution in [0.3, 0.4) is 0 Å². The molecule has 28 heavy (non-hydrogen) atoms. The van der Waals surface area contributed by atoms with Gasteiger partial charge in [-0.1, -0.05) is 48.5 Å². The summed E-state index contributed by atoms with van der Waals surface area (Å²) in [5.41, 5.74) is 1.56. The number of hydrogen-bond donors (Lipinski definition) is 0. The van der Waals surface area contributed by atoms with Crippen molar-refractivity contribution >= 4 is 38.3 Å². The molecule has 139 valence electrons. The van der Waals surface area contributed by atoms with Gasteiger partial charge in [0.25, 0.3) is 0 Å². The van der Waals surface area contributed by atoms with E-state index < -0.39 is 0 Å². The van der Waals surface area contributed by atoms with Gasteiger partial charge in [-0.3, -0.25) is 4.79 Å². The number of rotatable bonds is 8. The average Bonchev–Trinajstić information content (AvgIpc) is 2.73. The van der Waals surface area contributed by atoms with E-state index in [4.69, 9.17) is 14.2 Å². The summed E-state index contributed by atoms with van der Waals surface area (Å²) in [5.74, 6) is 1.82. The third-order valence-corrected chi connectivity index (χ3v) is 5.11. The van der Waals surface area contributed by atoms with Gasteiger partial charge in [-0.25, -0.2) is 0 Å². The van der Waals surface area contributed by atoms with Crippen LogP contribution in [0.1, 0.15) is 15.9 Å². The molecule has 0 fully saturated rings. The number of carbonyl (C=O) groups is 1. The van der Waals surface area contributed by atoms with Gasteiger partial charge < -0.3 is 14.2 Å². The van der Waals surface area contributed by atoms with Crippen LogP contribution >= 0.6 is 8.58 Å². The first-order chi connectivity index (χ1) is 13.2. The molecular formula is C22H21LiO4P. The molecule has 4 nitrogen and oxygen atoms in total. The molecule has 0 spiro atoms. The van der Waals surface area contributed by atoms with Crippen LogP contribution in [0.15, 0.2) is 72.8 Å². The Hall–Kier alpha value is -2.24. The van der Waals surface area contributed by atoms with E-state index in [-0.39, 0.29) is 33.0 Å².